The molecule has 8 nitrogen and oxygen atoms in total. The van der Waals surface area contributed by atoms with Crippen LogP contribution in [0.4, 0.5) is 0 Å². The zero-order chi connectivity index (χ0) is 70.3. The van der Waals surface area contributed by atoms with Crippen molar-refractivity contribution in [3.05, 3.63) is 0 Å². The van der Waals surface area contributed by atoms with Crippen molar-refractivity contribution in [3.8, 4) is 0 Å². The van der Waals surface area contributed by atoms with Crippen LogP contribution in [0.3, 0.4) is 0 Å². The molecule has 8 aliphatic carbocycles. The van der Waals surface area contributed by atoms with E-state index in [9.17, 15) is 40.9 Å². The molecule has 28 atom stereocenters. The fourth-order valence-electron chi connectivity index (χ4n) is 18.7. The first-order chi connectivity index (χ1) is 43.0. The summed E-state index contributed by atoms with van der Waals surface area (Å²) < 4.78 is 0. The minimum atomic E-state index is -0.0382. The van der Waals surface area contributed by atoms with Gasteiger partial charge in [-0.25, -0.2) is 0 Å². The van der Waals surface area contributed by atoms with Crippen LogP contribution < -0.4 is 0 Å². The number of hydrogen-bond acceptors (Lipinski definition) is 8. The third-order valence-corrected chi connectivity index (χ3v) is 25.7. The summed E-state index contributed by atoms with van der Waals surface area (Å²) in [6.45, 7) is 53.5. The van der Waals surface area contributed by atoms with Gasteiger partial charge in [-0.3, -0.25) is 0 Å². The Balaban J connectivity index is 0.000000526. The van der Waals surface area contributed by atoms with E-state index in [2.05, 4.69) is 166 Å². The third kappa shape index (κ3) is 33.7. The summed E-state index contributed by atoms with van der Waals surface area (Å²) in [5.74, 6) is 15.9. The van der Waals surface area contributed by atoms with Gasteiger partial charge in [0.1, 0.15) is 0 Å². The van der Waals surface area contributed by atoms with Gasteiger partial charge in [-0.2, -0.15) is 0 Å². The quantitative estimate of drug-likeness (QED) is 0.0958. The second kappa shape index (κ2) is 47.7. The lowest BCUT2D eigenvalue weighted by molar-refractivity contribution is -0.00445. The predicted molar refractivity (Wildman–Crippen MR) is 397 cm³/mol. The van der Waals surface area contributed by atoms with Crippen molar-refractivity contribution in [3.63, 3.8) is 0 Å². The second-order valence-corrected chi connectivity index (χ2v) is 35.7. The molecule has 8 fully saturated rings. The minimum absolute atomic E-state index is 0.0200. The van der Waals surface area contributed by atoms with Crippen molar-refractivity contribution in [2.24, 2.45) is 142 Å². The summed E-state index contributed by atoms with van der Waals surface area (Å²) in [5, 5.41) is 77.7. The summed E-state index contributed by atoms with van der Waals surface area (Å²) in [6.07, 6.45) is 33.5. The highest BCUT2D eigenvalue weighted by atomic mass is 16.3. The lowest BCUT2D eigenvalue weighted by Crippen LogP contribution is -2.36. The largest absolute Gasteiger partial charge is 0.393 e. The smallest absolute Gasteiger partial charge is 0.0596 e. The normalized spacial score (nSPS) is 41.3. The molecule has 0 aromatic heterocycles. The van der Waals surface area contributed by atoms with E-state index in [-0.39, 0.29) is 48.8 Å². The molecule has 0 bridgehead atoms. The number of hydrogen-bond donors (Lipinski definition) is 8. The Labute approximate surface area is 574 Å². The third-order valence-electron chi connectivity index (χ3n) is 25.7. The van der Waals surface area contributed by atoms with Crippen LogP contribution in [0.25, 0.3) is 0 Å². The number of aliphatic hydroxyl groups excluding tert-OH is 8. The maximum Gasteiger partial charge on any atom is 0.0596 e. The molecule has 8 saturated carbocycles. The first-order valence-corrected chi connectivity index (χ1v) is 40.5. The first-order valence-electron chi connectivity index (χ1n) is 40.5. The molecule has 28 unspecified atom stereocenters. The Kier molecular flexibility index (Phi) is 46.5. The molecular formula is C84H168O8. The molecule has 0 saturated heterocycles. The molecule has 0 aromatic carbocycles. The maximum absolute atomic E-state index is 9.89. The standard InChI is InChI=1S/4C11H22O.4C10H20O/c1-8(2)6-10-4-5-11(12)9(3)7-10;1-8(2)6-10-5-4-9(3)11(12)7-10;1-8(2)7-10-5-4-6-11(12)9(10)3;1-8(2)7-10-6-4-5-9(3)11(10)12;1-4-9-8(3)5-7(2)6-10(9)11;1-4-9-8(3)7(2)5-6-10(9)11;1-4-9-6-5-7(2)8(3)10(9)11;1-4-9-7(2)5-6-8(3)10(9)11/h4*8-12H,4-7H2,1-3H3;4*7-11H,4-6H2,1-3H3. The number of aliphatic hydroxyl groups is 8. The zero-order valence-electron chi connectivity index (χ0n) is 65.9. The molecule has 8 rings (SSSR count). The van der Waals surface area contributed by atoms with Crippen LogP contribution in [0.5, 0.6) is 0 Å². The van der Waals surface area contributed by atoms with Gasteiger partial charge >= 0.3 is 0 Å². The number of rotatable bonds is 12. The summed E-state index contributed by atoms with van der Waals surface area (Å²) in [7, 11) is 0. The highest BCUT2D eigenvalue weighted by Crippen LogP contribution is 2.41. The zero-order valence-corrected chi connectivity index (χ0v) is 65.9. The fourth-order valence-corrected chi connectivity index (χ4v) is 18.7. The van der Waals surface area contributed by atoms with E-state index < -0.39 is 0 Å². The minimum Gasteiger partial charge on any atom is -0.393 e. The Morgan fingerprint density at radius 1 is 0.261 bits per heavy atom. The molecule has 0 aromatic rings. The summed E-state index contributed by atoms with van der Waals surface area (Å²) in [5.41, 5.74) is 0. The Morgan fingerprint density at radius 2 is 0.717 bits per heavy atom. The Bertz CT molecular complexity index is 1650. The predicted octanol–water partition coefficient (Wildman–Crippen LogP) is 21.1. The van der Waals surface area contributed by atoms with Gasteiger partial charge in [-0.05, 0) is 270 Å². The van der Waals surface area contributed by atoms with Crippen LogP contribution in [0.15, 0.2) is 0 Å². The average Bonchev–Trinajstić information content (AvgIpc) is 1.26. The van der Waals surface area contributed by atoms with Gasteiger partial charge in [0, 0.05) is 0 Å². The van der Waals surface area contributed by atoms with Gasteiger partial charge in [0.2, 0.25) is 0 Å². The topological polar surface area (TPSA) is 162 Å². The van der Waals surface area contributed by atoms with E-state index in [1.807, 2.05) is 0 Å². The SMILES string of the molecule is CC(C)CC1CCC(C)C(O)C1.CC(C)CC1CCC(O)C(C)C1.CC(C)CC1CCCC(C)C1O.CC(C)CC1CCCC(O)C1C.CCC1C(C)CC(C)CC1O.CCC1C(C)CCC(C)C1O.CCC1C(O)CCC(C)C1C.CCC1CCC(C)C(C)C1O. The molecule has 552 valence electrons. The first kappa shape index (κ1) is 89.7. The maximum atomic E-state index is 9.89. The van der Waals surface area contributed by atoms with Gasteiger partial charge < -0.3 is 40.9 Å². The molecule has 0 radical (unpaired) electrons. The molecule has 0 heterocycles. The van der Waals surface area contributed by atoms with Crippen molar-refractivity contribution in [2.45, 2.75) is 395 Å². The van der Waals surface area contributed by atoms with Gasteiger partial charge in [0.05, 0.1) is 48.8 Å². The summed E-state index contributed by atoms with van der Waals surface area (Å²) in [4.78, 5) is 0. The summed E-state index contributed by atoms with van der Waals surface area (Å²) in [6, 6.07) is 0. The highest BCUT2D eigenvalue weighted by molar-refractivity contribution is 4.87. The lowest BCUT2D eigenvalue weighted by atomic mass is 9.71. The highest BCUT2D eigenvalue weighted by Gasteiger charge is 2.36. The molecule has 92 heavy (non-hydrogen) atoms. The molecule has 0 amide bonds. The van der Waals surface area contributed by atoms with Gasteiger partial charge in [0.15, 0.2) is 0 Å². The lowest BCUT2D eigenvalue weighted by Gasteiger charge is -2.37. The van der Waals surface area contributed by atoms with Crippen LogP contribution >= 0.6 is 0 Å². The van der Waals surface area contributed by atoms with Crippen molar-refractivity contribution >= 4 is 0 Å². The molecule has 8 N–H and O–H groups in total. The van der Waals surface area contributed by atoms with Crippen LogP contribution in [-0.4, -0.2) is 89.7 Å². The van der Waals surface area contributed by atoms with Crippen molar-refractivity contribution in [1.29, 1.82) is 0 Å². The van der Waals surface area contributed by atoms with Crippen molar-refractivity contribution in [1.82, 2.24) is 0 Å². The molecule has 0 spiro atoms. The Morgan fingerprint density at radius 3 is 1.22 bits per heavy atom. The van der Waals surface area contributed by atoms with Crippen LogP contribution in [0, 0.1) is 142 Å². The molecule has 8 aliphatic rings. The van der Waals surface area contributed by atoms with Crippen molar-refractivity contribution < 1.29 is 40.9 Å². The molecule has 8 heteroatoms. The van der Waals surface area contributed by atoms with Gasteiger partial charge in [-0.15, -0.1) is 0 Å². The van der Waals surface area contributed by atoms with Gasteiger partial charge in [-0.1, -0.05) is 218 Å². The molecule has 0 aliphatic heterocycles. The fraction of sp³-hybridized carbons (Fsp3) is 1.00. The van der Waals surface area contributed by atoms with Crippen LogP contribution in [0.1, 0.15) is 346 Å². The average molecular weight is 1310 g/mol. The van der Waals surface area contributed by atoms with E-state index in [0.29, 0.717) is 76.9 Å². The molecular weight excluding hydrogens is 1140 g/mol. The van der Waals surface area contributed by atoms with Crippen LogP contribution in [0.2, 0.25) is 0 Å². The van der Waals surface area contributed by atoms with E-state index in [0.717, 1.165) is 123 Å². The van der Waals surface area contributed by atoms with Crippen LogP contribution in [-0.2, 0) is 0 Å². The van der Waals surface area contributed by atoms with Crippen molar-refractivity contribution in [2.75, 3.05) is 0 Å². The second-order valence-electron chi connectivity index (χ2n) is 35.7. The van der Waals surface area contributed by atoms with E-state index in [4.69, 9.17) is 0 Å². The monoisotopic (exact) mass is 1310 g/mol. The van der Waals surface area contributed by atoms with E-state index in [1.54, 1.807) is 0 Å². The van der Waals surface area contributed by atoms with Gasteiger partial charge in [0.25, 0.3) is 0 Å². The Hall–Kier alpha value is -0.320. The van der Waals surface area contributed by atoms with E-state index >= 15 is 0 Å². The van der Waals surface area contributed by atoms with E-state index in [1.165, 1.54) is 122 Å². The summed E-state index contributed by atoms with van der Waals surface area (Å²) >= 11 is 0.